The molecule has 5 heterocycles. The number of piperazine rings is 1. The molecule has 0 radical (unpaired) electrons. The minimum atomic E-state index is -0.0274. The van der Waals surface area contributed by atoms with Crippen molar-refractivity contribution in [3.05, 3.63) is 47.6 Å². The number of likely N-dealkylation sites (tertiary alicyclic amines) is 2. The number of benzene rings is 2. The highest BCUT2D eigenvalue weighted by atomic mass is 35.5. The van der Waals surface area contributed by atoms with Crippen molar-refractivity contribution in [2.45, 2.75) is 69.7 Å². The molecular formula is C34H38ClN7O3. The molecule has 3 atom stereocenters. The van der Waals surface area contributed by atoms with Crippen molar-refractivity contribution in [3.8, 4) is 22.9 Å². The van der Waals surface area contributed by atoms with Gasteiger partial charge in [-0.1, -0.05) is 24.2 Å². The number of hydrogen-bond donors (Lipinski definition) is 1. The zero-order chi connectivity index (χ0) is 30.8. The quantitative estimate of drug-likeness (QED) is 0.255. The van der Waals surface area contributed by atoms with Crippen LogP contribution in [0.25, 0.3) is 32.9 Å². The Hall–Kier alpha value is -3.89. The average Bonchev–Trinajstić information content (AvgIpc) is 3.44. The molecule has 2 aromatic heterocycles. The van der Waals surface area contributed by atoms with E-state index in [1.54, 1.807) is 0 Å². The Morgan fingerprint density at radius 1 is 1.11 bits per heavy atom. The summed E-state index contributed by atoms with van der Waals surface area (Å²) in [6.45, 7) is 8.62. The fourth-order valence-electron chi connectivity index (χ4n) is 7.51. The second kappa shape index (κ2) is 11.2. The van der Waals surface area contributed by atoms with Crippen LogP contribution in [0.15, 0.2) is 37.1 Å². The second-order valence-corrected chi connectivity index (χ2v) is 13.4. The average molecular weight is 628 g/mol. The van der Waals surface area contributed by atoms with Gasteiger partial charge in [0.1, 0.15) is 17.9 Å². The second-order valence-electron chi connectivity index (χ2n) is 13.0. The highest BCUT2D eigenvalue weighted by Crippen LogP contribution is 2.50. The van der Waals surface area contributed by atoms with Crippen LogP contribution in [0.5, 0.6) is 11.8 Å². The molecule has 3 aliphatic heterocycles. The summed E-state index contributed by atoms with van der Waals surface area (Å²) < 4.78 is 13.2. The number of aromatic amines is 1. The van der Waals surface area contributed by atoms with Crippen molar-refractivity contribution >= 4 is 45.1 Å². The third-order valence-electron chi connectivity index (χ3n) is 10.0. The molecule has 8 rings (SSSR count). The first-order valence-corrected chi connectivity index (χ1v) is 16.4. The normalized spacial score (nSPS) is 23.3. The maximum atomic E-state index is 12.6. The number of ether oxygens (including phenoxy) is 2. The summed E-state index contributed by atoms with van der Waals surface area (Å²) in [5.41, 5.74) is 4.50. The minimum Gasteiger partial charge on any atom is -0.487 e. The number of halogens is 1. The van der Waals surface area contributed by atoms with Crippen LogP contribution in [0.1, 0.15) is 44.1 Å². The number of aryl methyl sites for hydroxylation is 1. The van der Waals surface area contributed by atoms with Crippen LogP contribution >= 0.6 is 11.6 Å². The van der Waals surface area contributed by atoms with E-state index in [4.69, 9.17) is 31.0 Å². The van der Waals surface area contributed by atoms with Crippen LogP contribution in [0, 0.1) is 6.92 Å². The lowest BCUT2D eigenvalue weighted by molar-refractivity contribution is -0.126. The summed E-state index contributed by atoms with van der Waals surface area (Å²) in [5, 5.41) is 9.82. The molecule has 10 nitrogen and oxygen atoms in total. The Balaban J connectivity index is 1.32. The van der Waals surface area contributed by atoms with Crippen LogP contribution in [0.3, 0.4) is 0 Å². The van der Waals surface area contributed by atoms with E-state index in [0.29, 0.717) is 48.0 Å². The number of carbonyl (C=O) groups excluding carboxylic acids is 1. The summed E-state index contributed by atoms with van der Waals surface area (Å²) >= 11 is 7.29. The van der Waals surface area contributed by atoms with Gasteiger partial charge in [-0.15, -0.1) is 0 Å². The highest BCUT2D eigenvalue weighted by Gasteiger charge is 2.43. The number of nitrogens with zero attached hydrogens (tertiary/aromatic N) is 6. The standard InChI is InChI=1S/C34H38ClN7O3/c1-4-28(43)41-16-20-8-9-21(17-41)42(20)33-24-14-26(35)30(29-19(2)7-12-27-25(29)15-36-39-27)32(45-23-10-11-23)31(24)37-34(38-33)44-18-22-6-5-13-40(22)3/h4,7,12,14-15,20-23H,1,5-6,8-11,13,16-18H2,2-3H3,(H,36,39)/t20?,21?,22-/m0/s1. The number of amides is 1. The molecule has 1 aliphatic carbocycles. The molecule has 1 saturated carbocycles. The first kappa shape index (κ1) is 28.6. The molecule has 0 spiro atoms. The van der Waals surface area contributed by atoms with Gasteiger partial charge in [-0.05, 0) is 82.8 Å². The van der Waals surface area contributed by atoms with Crippen molar-refractivity contribution in [3.63, 3.8) is 0 Å². The van der Waals surface area contributed by atoms with Gasteiger partial charge in [-0.2, -0.15) is 15.1 Å². The maximum absolute atomic E-state index is 12.6. The molecule has 2 bridgehead atoms. The summed E-state index contributed by atoms with van der Waals surface area (Å²) in [5.74, 6) is 1.43. The molecular weight excluding hydrogens is 590 g/mol. The number of fused-ring (bicyclic) bond motifs is 4. The molecule has 4 aromatic rings. The van der Waals surface area contributed by atoms with Gasteiger partial charge >= 0.3 is 6.01 Å². The molecule has 2 aromatic carbocycles. The van der Waals surface area contributed by atoms with Crippen LogP contribution < -0.4 is 14.4 Å². The number of H-pyrrole nitrogens is 1. The topological polar surface area (TPSA) is 99.7 Å². The van der Waals surface area contributed by atoms with Gasteiger partial charge in [0.25, 0.3) is 0 Å². The molecule has 1 amide bonds. The third kappa shape index (κ3) is 4.98. The SMILES string of the molecule is C=CC(=O)N1CC2CCC(C1)N2c1nc(OC[C@@H]2CCCN2C)nc2c(OC3CC3)c(-c3c(C)ccc4[nH]ncc34)c(Cl)cc12. The fraction of sp³-hybridized carbons (Fsp3) is 0.471. The van der Waals surface area contributed by atoms with Gasteiger partial charge in [0.2, 0.25) is 5.91 Å². The van der Waals surface area contributed by atoms with E-state index in [0.717, 1.165) is 83.9 Å². The number of anilines is 1. The highest BCUT2D eigenvalue weighted by molar-refractivity contribution is 6.35. The van der Waals surface area contributed by atoms with E-state index < -0.39 is 0 Å². The Labute approximate surface area is 267 Å². The lowest BCUT2D eigenvalue weighted by Crippen LogP contribution is -2.55. The van der Waals surface area contributed by atoms with E-state index in [1.807, 2.05) is 23.2 Å². The molecule has 2 unspecified atom stereocenters. The molecule has 45 heavy (non-hydrogen) atoms. The smallest absolute Gasteiger partial charge is 0.319 e. The van der Waals surface area contributed by atoms with E-state index in [9.17, 15) is 4.79 Å². The molecule has 11 heteroatoms. The van der Waals surface area contributed by atoms with Crippen LogP contribution in [0.2, 0.25) is 5.02 Å². The summed E-state index contributed by atoms with van der Waals surface area (Å²) in [6, 6.07) is 7.01. The van der Waals surface area contributed by atoms with Crippen molar-refractivity contribution in [2.75, 3.05) is 38.2 Å². The zero-order valence-corrected chi connectivity index (χ0v) is 26.5. The lowest BCUT2D eigenvalue weighted by Gasteiger charge is -2.42. The van der Waals surface area contributed by atoms with E-state index in [2.05, 4.69) is 46.6 Å². The van der Waals surface area contributed by atoms with Gasteiger partial charge in [-0.25, -0.2) is 0 Å². The Bertz CT molecular complexity index is 1810. The van der Waals surface area contributed by atoms with Crippen molar-refractivity contribution < 1.29 is 14.3 Å². The number of aromatic nitrogens is 4. The number of carbonyl (C=O) groups is 1. The summed E-state index contributed by atoms with van der Waals surface area (Å²) in [4.78, 5) is 29.4. The Morgan fingerprint density at radius 3 is 2.62 bits per heavy atom. The first-order chi connectivity index (χ1) is 21.9. The monoisotopic (exact) mass is 627 g/mol. The third-order valence-corrected chi connectivity index (χ3v) is 10.3. The van der Waals surface area contributed by atoms with Crippen molar-refractivity contribution in [2.24, 2.45) is 0 Å². The van der Waals surface area contributed by atoms with Crippen LogP contribution in [-0.4, -0.2) is 93.4 Å². The number of rotatable bonds is 8. The summed E-state index contributed by atoms with van der Waals surface area (Å²) in [6.07, 6.45) is 9.52. The molecule has 4 aliphatic rings. The lowest BCUT2D eigenvalue weighted by atomic mass is 9.94. The fourth-order valence-corrected chi connectivity index (χ4v) is 7.80. The van der Waals surface area contributed by atoms with Gasteiger partial charge in [0, 0.05) is 53.1 Å². The molecule has 3 saturated heterocycles. The molecule has 4 fully saturated rings. The largest absolute Gasteiger partial charge is 0.487 e. The minimum absolute atomic E-state index is 0.0274. The van der Waals surface area contributed by atoms with Crippen LogP contribution in [-0.2, 0) is 4.79 Å². The Morgan fingerprint density at radius 2 is 1.91 bits per heavy atom. The van der Waals surface area contributed by atoms with Crippen molar-refractivity contribution in [1.82, 2.24) is 30.0 Å². The predicted octanol–water partition coefficient (Wildman–Crippen LogP) is 5.51. The maximum Gasteiger partial charge on any atom is 0.319 e. The van der Waals surface area contributed by atoms with Crippen molar-refractivity contribution in [1.29, 1.82) is 0 Å². The first-order valence-electron chi connectivity index (χ1n) is 16.1. The number of hydrogen-bond acceptors (Lipinski definition) is 8. The predicted molar refractivity (Wildman–Crippen MR) is 175 cm³/mol. The van der Waals surface area contributed by atoms with Gasteiger partial charge in [-0.3, -0.25) is 9.89 Å². The van der Waals surface area contributed by atoms with E-state index in [1.165, 1.54) is 6.08 Å². The van der Waals surface area contributed by atoms with Gasteiger partial charge < -0.3 is 24.2 Å². The van der Waals surface area contributed by atoms with Crippen LogP contribution in [0.4, 0.5) is 5.82 Å². The van der Waals surface area contributed by atoms with Gasteiger partial charge in [0.15, 0.2) is 5.75 Å². The number of nitrogens with one attached hydrogen (secondary N) is 1. The number of likely N-dealkylation sites (N-methyl/N-ethyl adjacent to an activating group) is 1. The molecule has 1 N–H and O–H groups in total. The van der Waals surface area contributed by atoms with Gasteiger partial charge in [0.05, 0.1) is 22.8 Å². The van der Waals surface area contributed by atoms with E-state index in [-0.39, 0.29) is 24.1 Å². The molecule has 234 valence electrons. The summed E-state index contributed by atoms with van der Waals surface area (Å²) in [7, 11) is 2.14. The van der Waals surface area contributed by atoms with E-state index >= 15 is 0 Å². The zero-order valence-electron chi connectivity index (χ0n) is 25.8. The Kier molecular flexibility index (Phi) is 7.09.